The largest absolute Gasteiger partial charge is 0.381 e. The van der Waals surface area contributed by atoms with E-state index in [1.807, 2.05) is 18.2 Å². The number of rotatable bonds is 6. The highest BCUT2D eigenvalue weighted by atomic mass is 32.2. The fourth-order valence-electron chi connectivity index (χ4n) is 2.92. The molecule has 2 N–H and O–H groups in total. The molecule has 136 valence electrons. The Hall–Kier alpha value is -2.39. The quantitative estimate of drug-likeness (QED) is 0.802. The van der Waals surface area contributed by atoms with Crippen molar-refractivity contribution in [1.29, 1.82) is 0 Å². The number of hydrogen-bond donors (Lipinski definition) is 2. The van der Waals surface area contributed by atoms with Gasteiger partial charge in [-0.25, -0.2) is 4.68 Å². The number of amides is 1. The molecule has 4 rings (SSSR count). The molecular weight excluding hydrogens is 352 g/mol. The molecule has 1 amide bonds. The van der Waals surface area contributed by atoms with E-state index < -0.39 is 0 Å². The van der Waals surface area contributed by atoms with E-state index in [-0.39, 0.29) is 23.4 Å². The van der Waals surface area contributed by atoms with Crippen LogP contribution in [0.1, 0.15) is 40.3 Å². The average Bonchev–Trinajstić information content (AvgIpc) is 3.29. The predicted octanol–water partition coefficient (Wildman–Crippen LogP) is 1.71. The van der Waals surface area contributed by atoms with Crippen molar-refractivity contribution in [3.05, 3.63) is 47.8 Å². The monoisotopic (exact) mass is 372 g/mol. The lowest BCUT2D eigenvalue weighted by Gasteiger charge is -2.33. The highest BCUT2D eigenvalue weighted by Crippen LogP contribution is 2.33. The van der Waals surface area contributed by atoms with E-state index in [1.54, 1.807) is 29.8 Å². The van der Waals surface area contributed by atoms with Crippen molar-refractivity contribution in [2.45, 2.75) is 30.4 Å². The molecule has 1 aromatic heterocycles. The van der Waals surface area contributed by atoms with Crippen molar-refractivity contribution in [1.82, 2.24) is 25.7 Å². The molecule has 8 nitrogen and oxygen atoms in total. The maximum atomic E-state index is 12.3. The number of nitrogens with one attached hydrogen (secondary N) is 2. The van der Waals surface area contributed by atoms with Gasteiger partial charge in [0.05, 0.1) is 24.9 Å². The summed E-state index contributed by atoms with van der Waals surface area (Å²) in [7, 11) is 1.71. The average molecular weight is 372 g/mol. The van der Waals surface area contributed by atoms with E-state index in [0.717, 1.165) is 23.4 Å². The van der Waals surface area contributed by atoms with E-state index >= 15 is 0 Å². The Kier molecular flexibility index (Phi) is 4.89. The van der Waals surface area contributed by atoms with E-state index in [9.17, 15) is 4.79 Å². The second kappa shape index (κ2) is 7.46. The van der Waals surface area contributed by atoms with Crippen LogP contribution in [0.4, 0.5) is 0 Å². The highest BCUT2D eigenvalue weighted by Gasteiger charge is 2.31. The number of carbonyl (C=O) groups is 1. The van der Waals surface area contributed by atoms with Crippen LogP contribution in [0.5, 0.6) is 0 Å². The molecule has 0 spiro atoms. The van der Waals surface area contributed by atoms with Gasteiger partial charge in [-0.15, -0.1) is 5.10 Å². The molecule has 0 bridgehead atoms. The van der Waals surface area contributed by atoms with Gasteiger partial charge in [0, 0.05) is 7.11 Å². The second-order valence-electron chi connectivity index (χ2n) is 6.29. The molecule has 0 radical (unpaired) electrons. The molecule has 1 aliphatic carbocycles. The van der Waals surface area contributed by atoms with Gasteiger partial charge in [-0.05, 0) is 18.4 Å². The Morgan fingerprint density at radius 1 is 1.38 bits per heavy atom. The Balaban J connectivity index is 1.26. The molecule has 2 heterocycles. The zero-order valence-corrected chi connectivity index (χ0v) is 15.1. The van der Waals surface area contributed by atoms with Gasteiger partial charge < -0.3 is 10.1 Å². The van der Waals surface area contributed by atoms with Crippen LogP contribution >= 0.6 is 11.8 Å². The third-order valence-electron chi connectivity index (χ3n) is 4.58. The first-order valence-electron chi connectivity index (χ1n) is 8.49. The van der Waals surface area contributed by atoms with Crippen molar-refractivity contribution in [3.8, 4) is 0 Å². The van der Waals surface area contributed by atoms with Gasteiger partial charge in [0.15, 0.2) is 5.69 Å². The first-order chi connectivity index (χ1) is 12.7. The molecular formula is C17H20N6O2S. The zero-order valence-electron chi connectivity index (χ0n) is 14.3. The van der Waals surface area contributed by atoms with Crippen LogP contribution in [0.3, 0.4) is 0 Å². The summed E-state index contributed by atoms with van der Waals surface area (Å²) in [4.78, 5) is 12.3. The van der Waals surface area contributed by atoms with Crippen LogP contribution in [-0.2, 0) is 4.74 Å². The summed E-state index contributed by atoms with van der Waals surface area (Å²) in [5, 5.41) is 16.1. The second-order valence-corrected chi connectivity index (χ2v) is 7.47. The smallest absolute Gasteiger partial charge is 0.273 e. The van der Waals surface area contributed by atoms with Gasteiger partial charge >= 0.3 is 0 Å². The van der Waals surface area contributed by atoms with E-state index in [1.165, 1.54) is 0 Å². The molecule has 2 aromatic rings. The normalized spacial score (nSPS) is 24.5. The number of hydrazone groups is 1. The number of methoxy groups -OCH3 is 1. The van der Waals surface area contributed by atoms with E-state index in [4.69, 9.17) is 4.74 Å². The summed E-state index contributed by atoms with van der Waals surface area (Å²) in [5.41, 5.74) is 4.56. The number of carbonyl (C=O) groups excluding carboxylic acids is 1. The summed E-state index contributed by atoms with van der Waals surface area (Å²) in [6.45, 7) is 0.363. The lowest BCUT2D eigenvalue weighted by molar-refractivity contribution is 0.00195. The van der Waals surface area contributed by atoms with Crippen molar-refractivity contribution in [3.63, 3.8) is 0 Å². The first-order valence-corrected chi connectivity index (χ1v) is 9.37. The highest BCUT2D eigenvalue weighted by molar-refractivity contribution is 8.14. The summed E-state index contributed by atoms with van der Waals surface area (Å²) in [5.74, 6) is -0.245. The fourth-order valence-corrected chi connectivity index (χ4v) is 3.85. The van der Waals surface area contributed by atoms with Crippen molar-refractivity contribution >= 4 is 22.7 Å². The molecule has 1 atom stereocenters. The Labute approximate surface area is 155 Å². The Bertz CT molecular complexity index is 803. The van der Waals surface area contributed by atoms with Crippen LogP contribution in [0, 0.1) is 0 Å². The molecule has 26 heavy (non-hydrogen) atoms. The summed E-state index contributed by atoms with van der Waals surface area (Å²) in [6.07, 6.45) is 3.78. The van der Waals surface area contributed by atoms with Crippen molar-refractivity contribution in [2.75, 3.05) is 13.7 Å². The number of benzene rings is 1. The van der Waals surface area contributed by atoms with Crippen molar-refractivity contribution in [2.24, 2.45) is 5.10 Å². The first kappa shape index (κ1) is 17.0. The minimum Gasteiger partial charge on any atom is -0.381 e. The summed E-state index contributed by atoms with van der Waals surface area (Å²) in [6, 6.07) is 10.3. The maximum absolute atomic E-state index is 12.3. The summed E-state index contributed by atoms with van der Waals surface area (Å²) < 4.78 is 7.02. The SMILES string of the molecule is COC1CC(n2cc(C(=O)NCC3=NNC(c4ccccc4)S3)nn2)C1. The number of thioether (sulfide) groups is 1. The Morgan fingerprint density at radius 2 is 2.19 bits per heavy atom. The van der Waals surface area contributed by atoms with E-state index in [0.29, 0.717) is 12.2 Å². The van der Waals surface area contributed by atoms with Crippen LogP contribution in [0.25, 0.3) is 0 Å². The molecule has 1 aliphatic heterocycles. The molecule has 1 saturated carbocycles. The minimum atomic E-state index is -0.245. The maximum Gasteiger partial charge on any atom is 0.273 e. The van der Waals surface area contributed by atoms with Crippen LogP contribution in [0.15, 0.2) is 41.6 Å². The van der Waals surface area contributed by atoms with Gasteiger partial charge in [0.25, 0.3) is 5.91 Å². The number of aromatic nitrogens is 3. The minimum absolute atomic E-state index is 0.0799. The zero-order chi connectivity index (χ0) is 17.9. The van der Waals surface area contributed by atoms with Crippen LogP contribution in [0.2, 0.25) is 0 Å². The topological polar surface area (TPSA) is 93.4 Å². The standard InChI is InChI=1S/C17H20N6O2S/c1-25-13-7-12(8-13)23-10-14(19-22-23)16(24)18-9-15-20-21-17(26-15)11-5-3-2-4-6-11/h2-6,10,12-13,17,21H,7-9H2,1H3,(H,18,24). The van der Waals surface area contributed by atoms with Gasteiger partial charge in [-0.1, -0.05) is 47.3 Å². The van der Waals surface area contributed by atoms with E-state index in [2.05, 4.69) is 38.3 Å². The third-order valence-corrected chi connectivity index (χ3v) is 5.70. The molecule has 0 saturated heterocycles. The Morgan fingerprint density at radius 3 is 2.96 bits per heavy atom. The van der Waals surface area contributed by atoms with Gasteiger partial charge in [0.1, 0.15) is 10.4 Å². The molecule has 9 heteroatoms. The van der Waals surface area contributed by atoms with Gasteiger partial charge in [-0.2, -0.15) is 5.10 Å². The molecule has 1 unspecified atom stereocenters. The molecule has 1 aromatic carbocycles. The predicted molar refractivity (Wildman–Crippen MR) is 98.8 cm³/mol. The molecule has 2 aliphatic rings. The van der Waals surface area contributed by atoms with Gasteiger partial charge in [-0.3, -0.25) is 10.2 Å². The van der Waals surface area contributed by atoms with Crippen molar-refractivity contribution < 1.29 is 9.53 Å². The van der Waals surface area contributed by atoms with Crippen LogP contribution in [-0.4, -0.2) is 45.7 Å². The third kappa shape index (κ3) is 3.58. The van der Waals surface area contributed by atoms with Crippen LogP contribution < -0.4 is 10.7 Å². The fraction of sp³-hybridized carbons (Fsp3) is 0.412. The van der Waals surface area contributed by atoms with Gasteiger partial charge in [0.2, 0.25) is 0 Å². The molecule has 1 fully saturated rings. The summed E-state index contributed by atoms with van der Waals surface area (Å²) >= 11 is 1.60. The number of ether oxygens (including phenoxy) is 1. The lowest BCUT2D eigenvalue weighted by Crippen LogP contribution is -2.32. The number of nitrogens with zero attached hydrogens (tertiary/aromatic N) is 4. The number of hydrogen-bond acceptors (Lipinski definition) is 7. The lowest BCUT2D eigenvalue weighted by atomic mass is 9.89.